The number of carbonyl (C=O) groups excluding carboxylic acids is 1. The Balaban J connectivity index is 1.73. The minimum absolute atomic E-state index is 0.193. The van der Waals surface area contributed by atoms with Crippen molar-refractivity contribution in [2.24, 2.45) is 0 Å². The van der Waals surface area contributed by atoms with Gasteiger partial charge in [-0.15, -0.1) is 11.3 Å². The van der Waals surface area contributed by atoms with Crippen molar-refractivity contribution in [1.29, 1.82) is 0 Å². The zero-order chi connectivity index (χ0) is 24.6. The van der Waals surface area contributed by atoms with Gasteiger partial charge in [-0.2, -0.15) is 13.2 Å². The summed E-state index contributed by atoms with van der Waals surface area (Å²) < 4.78 is 39.6. The average molecular weight is 490 g/mol. The predicted molar refractivity (Wildman–Crippen MR) is 130 cm³/mol. The number of thiazole rings is 1. The first kappa shape index (κ1) is 25.9. The predicted octanol–water partition coefficient (Wildman–Crippen LogP) is 6.59. The number of aromatic nitrogens is 1. The highest BCUT2D eigenvalue weighted by Gasteiger charge is 2.30. The molecule has 34 heavy (non-hydrogen) atoms. The van der Waals surface area contributed by atoms with Crippen LogP contribution >= 0.6 is 11.3 Å². The minimum Gasteiger partial charge on any atom is -0.351 e. The van der Waals surface area contributed by atoms with Gasteiger partial charge in [0.2, 0.25) is 0 Å². The van der Waals surface area contributed by atoms with Crippen molar-refractivity contribution in [2.45, 2.75) is 58.9 Å². The van der Waals surface area contributed by atoms with Crippen LogP contribution < -0.4 is 5.32 Å². The fraction of sp³-hybridized carbons (Fsp3) is 0.385. The molecule has 0 saturated carbocycles. The van der Waals surface area contributed by atoms with E-state index in [2.05, 4.69) is 17.2 Å². The number of carbonyl (C=O) groups is 1. The third-order valence-electron chi connectivity index (χ3n) is 5.40. The third-order valence-corrected chi connectivity index (χ3v) is 6.23. The Morgan fingerprint density at radius 2 is 1.76 bits per heavy atom. The Morgan fingerprint density at radius 3 is 2.47 bits per heavy atom. The molecule has 0 fully saturated rings. The van der Waals surface area contributed by atoms with Crippen molar-refractivity contribution in [3.63, 3.8) is 0 Å². The summed E-state index contributed by atoms with van der Waals surface area (Å²) in [4.78, 5) is 18.9. The number of alkyl halides is 3. The Labute approximate surface area is 202 Å². The molecule has 0 atom stereocenters. The maximum atomic E-state index is 13.2. The second kappa shape index (κ2) is 12.1. The van der Waals surface area contributed by atoms with Crippen LogP contribution in [-0.4, -0.2) is 22.3 Å². The lowest BCUT2D eigenvalue weighted by atomic mass is 10.1. The summed E-state index contributed by atoms with van der Waals surface area (Å²) in [5.74, 6) is -0.193. The van der Waals surface area contributed by atoms with Crippen molar-refractivity contribution in [2.75, 3.05) is 6.54 Å². The Morgan fingerprint density at radius 1 is 1.03 bits per heavy atom. The highest BCUT2D eigenvalue weighted by molar-refractivity contribution is 7.09. The summed E-state index contributed by atoms with van der Waals surface area (Å²) in [6, 6.07) is 13.5. The number of aryl methyl sites for hydroxylation is 1. The number of hydrogen-bond donors (Lipinski definition) is 1. The van der Waals surface area contributed by atoms with Gasteiger partial charge in [0.1, 0.15) is 10.7 Å². The zero-order valence-electron chi connectivity index (χ0n) is 19.5. The van der Waals surface area contributed by atoms with Crippen LogP contribution in [-0.2, 0) is 25.8 Å². The molecule has 1 heterocycles. The molecule has 0 aliphatic heterocycles. The summed E-state index contributed by atoms with van der Waals surface area (Å²) in [7, 11) is 0. The number of benzene rings is 2. The molecule has 3 rings (SSSR count). The fourth-order valence-electron chi connectivity index (χ4n) is 3.57. The highest BCUT2D eigenvalue weighted by Crippen LogP contribution is 2.30. The molecule has 4 nitrogen and oxygen atoms in total. The van der Waals surface area contributed by atoms with Gasteiger partial charge in [-0.3, -0.25) is 9.69 Å². The van der Waals surface area contributed by atoms with E-state index in [9.17, 15) is 18.0 Å². The highest BCUT2D eigenvalue weighted by atomic mass is 32.1. The summed E-state index contributed by atoms with van der Waals surface area (Å²) >= 11 is 1.39. The summed E-state index contributed by atoms with van der Waals surface area (Å²) in [6.45, 7) is 6.04. The van der Waals surface area contributed by atoms with Gasteiger partial charge < -0.3 is 5.32 Å². The summed E-state index contributed by atoms with van der Waals surface area (Å²) in [6.07, 6.45) is -1.31. The number of hydrogen-bond acceptors (Lipinski definition) is 4. The number of nitrogens with zero attached hydrogens (tertiary/aromatic N) is 2. The van der Waals surface area contributed by atoms with Crippen molar-refractivity contribution < 1.29 is 18.0 Å². The van der Waals surface area contributed by atoms with Gasteiger partial charge in [-0.1, -0.05) is 67.8 Å². The third kappa shape index (κ3) is 7.95. The molecule has 1 aromatic heterocycles. The standard InChI is InChI=1S/C26H30F3N3OS/c1-3-4-5-13-30-25(33)23-18-34-24(31-23)17-32(15-20-11-9-19(2)10-12-20)16-21-7-6-8-22(14-21)26(27,28)29/h6-12,14,18H,3-5,13,15-17H2,1-2H3,(H,30,33). The van der Waals surface area contributed by atoms with Gasteiger partial charge in [0, 0.05) is 25.0 Å². The summed E-state index contributed by atoms with van der Waals surface area (Å²) in [5, 5.41) is 5.37. The lowest BCUT2D eigenvalue weighted by Gasteiger charge is -2.22. The molecule has 0 radical (unpaired) electrons. The Hall–Kier alpha value is -2.71. The van der Waals surface area contributed by atoms with Crippen LogP contribution in [0.4, 0.5) is 13.2 Å². The van der Waals surface area contributed by atoms with Crippen LogP contribution in [0, 0.1) is 6.92 Å². The number of rotatable bonds is 11. The maximum absolute atomic E-state index is 13.2. The lowest BCUT2D eigenvalue weighted by Crippen LogP contribution is -2.25. The average Bonchev–Trinajstić information content (AvgIpc) is 3.26. The van der Waals surface area contributed by atoms with E-state index in [1.165, 1.54) is 23.5 Å². The Bertz CT molecular complexity index is 1060. The van der Waals surface area contributed by atoms with Gasteiger partial charge >= 0.3 is 6.18 Å². The van der Waals surface area contributed by atoms with E-state index in [-0.39, 0.29) is 5.91 Å². The van der Waals surface area contributed by atoms with E-state index in [0.29, 0.717) is 37.4 Å². The molecule has 0 spiro atoms. The van der Waals surface area contributed by atoms with Crippen LogP contribution in [0.2, 0.25) is 0 Å². The number of amides is 1. The SMILES string of the molecule is CCCCCNC(=O)c1csc(CN(Cc2ccc(C)cc2)Cc2cccc(C(F)(F)F)c2)n1. The molecule has 0 aliphatic carbocycles. The molecule has 1 amide bonds. The van der Waals surface area contributed by atoms with Crippen LogP contribution in [0.25, 0.3) is 0 Å². The number of unbranched alkanes of at least 4 members (excludes halogenated alkanes) is 2. The van der Waals surface area contributed by atoms with E-state index in [1.807, 2.05) is 36.1 Å². The molecule has 2 aromatic carbocycles. The Kier molecular flexibility index (Phi) is 9.24. The van der Waals surface area contributed by atoms with Gasteiger partial charge in [0.15, 0.2) is 0 Å². The molecule has 0 aliphatic rings. The molecule has 3 aromatic rings. The van der Waals surface area contributed by atoms with E-state index >= 15 is 0 Å². The maximum Gasteiger partial charge on any atom is 0.416 e. The monoisotopic (exact) mass is 489 g/mol. The first-order valence-electron chi connectivity index (χ1n) is 11.4. The molecule has 8 heteroatoms. The van der Waals surface area contributed by atoms with Crippen molar-refractivity contribution in [1.82, 2.24) is 15.2 Å². The molecule has 0 bridgehead atoms. The largest absolute Gasteiger partial charge is 0.416 e. The zero-order valence-corrected chi connectivity index (χ0v) is 20.3. The first-order chi connectivity index (χ1) is 16.2. The molecule has 0 saturated heterocycles. The van der Waals surface area contributed by atoms with E-state index in [1.54, 1.807) is 11.4 Å². The van der Waals surface area contributed by atoms with E-state index in [4.69, 9.17) is 0 Å². The second-order valence-electron chi connectivity index (χ2n) is 8.42. The van der Waals surface area contributed by atoms with Crippen LogP contribution in [0.3, 0.4) is 0 Å². The minimum atomic E-state index is -4.38. The first-order valence-corrected chi connectivity index (χ1v) is 12.3. The molecule has 182 valence electrons. The molecular formula is C26H30F3N3OS. The van der Waals surface area contributed by atoms with Gasteiger partial charge in [-0.05, 0) is 30.5 Å². The number of halogens is 3. The normalized spacial score (nSPS) is 11.7. The van der Waals surface area contributed by atoms with Crippen LogP contribution in [0.5, 0.6) is 0 Å². The number of nitrogens with one attached hydrogen (secondary N) is 1. The van der Waals surface area contributed by atoms with Crippen molar-refractivity contribution in [3.05, 3.63) is 86.9 Å². The van der Waals surface area contributed by atoms with Gasteiger partial charge in [0.05, 0.1) is 12.1 Å². The summed E-state index contributed by atoms with van der Waals surface area (Å²) in [5.41, 5.74) is 2.50. The van der Waals surface area contributed by atoms with Crippen molar-refractivity contribution in [3.8, 4) is 0 Å². The van der Waals surface area contributed by atoms with Gasteiger partial charge in [-0.25, -0.2) is 4.98 Å². The quantitative estimate of drug-likeness (QED) is 0.309. The van der Waals surface area contributed by atoms with E-state index < -0.39 is 11.7 Å². The van der Waals surface area contributed by atoms with Gasteiger partial charge in [0.25, 0.3) is 5.91 Å². The molecule has 1 N–H and O–H groups in total. The van der Waals surface area contributed by atoms with Crippen LogP contribution in [0.15, 0.2) is 53.9 Å². The smallest absolute Gasteiger partial charge is 0.351 e. The van der Waals surface area contributed by atoms with Crippen molar-refractivity contribution >= 4 is 17.2 Å². The topological polar surface area (TPSA) is 45.2 Å². The second-order valence-corrected chi connectivity index (χ2v) is 9.36. The van der Waals surface area contributed by atoms with E-state index in [0.717, 1.165) is 41.5 Å². The van der Waals surface area contributed by atoms with Crippen LogP contribution in [0.1, 0.15) is 63.9 Å². The molecule has 0 unspecified atom stereocenters. The lowest BCUT2D eigenvalue weighted by molar-refractivity contribution is -0.137. The fourth-order valence-corrected chi connectivity index (χ4v) is 4.39. The molecular weight excluding hydrogens is 459 g/mol.